The fourth-order valence-electron chi connectivity index (χ4n) is 11.1. The van der Waals surface area contributed by atoms with Crippen molar-refractivity contribution in [2.75, 3.05) is 9.80 Å². The highest BCUT2D eigenvalue weighted by molar-refractivity contribution is 6.08. The number of ether oxygens (including phenoxy) is 2. The van der Waals surface area contributed by atoms with E-state index in [0.29, 0.717) is 45.5 Å². The summed E-state index contributed by atoms with van der Waals surface area (Å²) in [7, 11) is 0. The summed E-state index contributed by atoms with van der Waals surface area (Å²) in [6, 6.07) is 64.0. The molecule has 3 aliphatic carbocycles. The van der Waals surface area contributed by atoms with Crippen molar-refractivity contribution in [3.63, 3.8) is 0 Å². The molecule has 6 nitrogen and oxygen atoms in total. The summed E-state index contributed by atoms with van der Waals surface area (Å²) in [5.74, 6) is 3.08. The molecule has 6 heteroatoms. The normalized spacial score (nSPS) is 16.3. The van der Waals surface area contributed by atoms with Crippen LogP contribution in [0.4, 0.5) is 34.1 Å². The lowest BCUT2D eigenvalue weighted by atomic mass is 9.64. The van der Waals surface area contributed by atoms with Gasteiger partial charge in [0.25, 0.3) is 0 Å². The van der Waals surface area contributed by atoms with Gasteiger partial charge in [-0.15, -0.1) is 0 Å². The first-order valence-electron chi connectivity index (χ1n) is 22.1. The van der Waals surface area contributed by atoms with Gasteiger partial charge in [-0.1, -0.05) is 133 Å². The van der Waals surface area contributed by atoms with Crippen LogP contribution in [0.15, 0.2) is 170 Å². The summed E-state index contributed by atoms with van der Waals surface area (Å²) in [5, 5.41) is 27.7. The molecule has 302 valence electrons. The van der Waals surface area contributed by atoms with Gasteiger partial charge in [-0.25, -0.2) is 0 Å². The van der Waals surface area contributed by atoms with E-state index in [9.17, 15) is 10.5 Å². The summed E-state index contributed by atoms with van der Waals surface area (Å²) in [6.45, 7) is 0. The average Bonchev–Trinajstić information content (AvgIpc) is 3.37. The third-order valence-corrected chi connectivity index (χ3v) is 14.0. The molecule has 0 N–H and O–H groups in total. The molecule has 2 aliphatic heterocycles. The smallest absolute Gasteiger partial charge is 0.159 e. The van der Waals surface area contributed by atoms with Gasteiger partial charge in [-0.3, -0.25) is 0 Å². The molecule has 2 bridgehead atoms. The Morgan fingerprint density at radius 3 is 1.22 bits per heavy atom. The lowest BCUT2D eigenvalue weighted by Gasteiger charge is -2.44. The van der Waals surface area contributed by atoms with Gasteiger partial charge in [-0.2, -0.15) is 10.5 Å². The van der Waals surface area contributed by atoms with Crippen molar-refractivity contribution in [1.29, 1.82) is 10.5 Å². The monoisotopic (exact) mass is 822 g/mol. The van der Waals surface area contributed by atoms with Gasteiger partial charge in [0.05, 0.1) is 45.3 Å². The molecule has 0 spiro atoms. The maximum Gasteiger partial charge on any atom is 0.159 e. The predicted molar refractivity (Wildman–Crippen MR) is 255 cm³/mol. The maximum atomic E-state index is 11.8. The summed E-state index contributed by atoms with van der Waals surface area (Å²) in [6.07, 6.45) is 3.98. The second kappa shape index (κ2) is 14.1. The van der Waals surface area contributed by atoms with E-state index in [0.717, 1.165) is 103 Å². The van der Waals surface area contributed by atoms with Gasteiger partial charge >= 0.3 is 0 Å². The van der Waals surface area contributed by atoms with Crippen LogP contribution in [0.5, 0.6) is 23.0 Å². The third-order valence-electron chi connectivity index (χ3n) is 14.0. The van der Waals surface area contributed by atoms with Crippen molar-refractivity contribution in [3.05, 3.63) is 192 Å². The minimum atomic E-state index is 0.174. The molecule has 0 aromatic heterocycles. The summed E-state index contributed by atoms with van der Waals surface area (Å²) in [4.78, 5) is 4.45. The van der Waals surface area contributed by atoms with E-state index in [1.165, 1.54) is 0 Å². The number of rotatable bonds is 4. The van der Waals surface area contributed by atoms with E-state index in [2.05, 4.69) is 131 Å². The highest BCUT2D eigenvalue weighted by Gasteiger charge is 2.45. The van der Waals surface area contributed by atoms with Gasteiger partial charge < -0.3 is 19.3 Å². The second-order valence-electron chi connectivity index (χ2n) is 17.3. The lowest BCUT2D eigenvalue weighted by Crippen LogP contribution is -2.29. The first-order valence-corrected chi connectivity index (χ1v) is 22.1. The third kappa shape index (κ3) is 5.30. The molecule has 9 aromatic carbocycles. The molecular formula is C58H38N4O2. The topological polar surface area (TPSA) is 72.5 Å². The Bertz CT molecular complexity index is 3270. The van der Waals surface area contributed by atoms with Crippen LogP contribution in [-0.4, -0.2) is 0 Å². The number of hydrogen-bond acceptors (Lipinski definition) is 6. The lowest BCUT2D eigenvalue weighted by molar-refractivity contribution is 0.358. The highest BCUT2D eigenvalue weighted by atomic mass is 16.5. The van der Waals surface area contributed by atoms with Gasteiger partial charge in [-0.05, 0) is 118 Å². The number of nitrogens with zero attached hydrogens (tertiary/aromatic N) is 4. The summed E-state index contributed by atoms with van der Waals surface area (Å²) < 4.78 is 14.1. The number of benzene rings is 9. The van der Waals surface area contributed by atoms with Crippen molar-refractivity contribution in [2.24, 2.45) is 0 Å². The van der Waals surface area contributed by atoms with E-state index >= 15 is 0 Å². The highest BCUT2D eigenvalue weighted by Crippen LogP contribution is 2.64. The Kier molecular flexibility index (Phi) is 8.01. The number of anilines is 6. The first-order chi connectivity index (χ1) is 31.7. The molecule has 1 fully saturated rings. The Hall–Kier alpha value is -8.32. The Morgan fingerprint density at radius 2 is 0.797 bits per heavy atom. The molecule has 0 radical (unpaired) electrons. The number of hydrogen-bond donors (Lipinski definition) is 0. The van der Waals surface area contributed by atoms with E-state index in [1.807, 2.05) is 60.7 Å². The SMILES string of the molecule is N#Cc1c2c(c(C#N)c(N3c4ccc(-c5ccccc5)cc4Oc4c3ccc3ccccc43)c1N1c3ccc(-c4ccccc4)cc3Oc3c1ccc1ccccc31)C1CCC2CC1. The van der Waals surface area contributed by atoms with Gasteiger partial charge in [0.15, 0.2) is 23.0 Å². The van der Waals surface area contributed by atoms with Gasteiger partial charge in [0.2, 0.25) is 0 Å². The van der Waals surface area contributed by atoms with E-state index < -0.39 is 0 Å². The molecule has 2 heterocycles. The molecule has 0 atom stereocenters. The molecule has 14 rings (SSSR count). The van der Waals surface area contributed by atoms with Crippen molar-refractivity contribution < 1.29 is 9.47 Å². The molecule has 5 aliphatic rings. The Morgan fingerprint density at radius 1 is 0.406 bits per heavy atom. The first kappa shape index (κ1) is 36.3. The van der Waals surface area contributed by atoms with Gasteiger partial charge in [0.1, 0.15) is 12.1 Å². The number of nitriles is 2. The van der Waals surface area contributed by atoms with Crippen molar-refractivity contribution in [3.8, 4) is 57.4 Å². The van der Waals surface area contributed by atoms with Crippen molar-refractivity contribution >= 4 is 55.7 Å². The molecule has 9 aromatic rings. The van der Waals surface area contributed by atoms with Crippen molar-refractivity contribution in [1.82, 2.24) is 0 Å². The Balaban J connectivity index is 1.17. The fraction of sp³-hybridized carbons (Fsp3) is 0.103. The molecule has 0 unspecified atom stereocenters. The molecule has 0 amide bonds. The Labute approximate surface area is 371 Å². The molecule has 1 saturated carbocycles. The maximum absolute atomic E-state index is 11.8. The van der Waals surface area contributed by atoms with E-state index in [-0.39, 0.29) is 11.8 Å². The predicted octanol–water partition coefficient (Wildman–Crippen LogP) is 16.0. The van der Waals surface area contributed by atoms with Crippen LogP contribution in [-0.2, 0) is 0 Å². The quantitative estimate of drug-likeness (QED) is 0.176. The molecule has 64 heavy (non-hydrogen) atoms. The van der Waals surface area contributed by atoms with Crippen LogP contribution in [0, 0.1) is 22.7 Å². The summed E-state index contributed by atoms with van der Waals surface area (Å²) >= 11 is 0. The van der Waals surface area contributed by atoms with Crippen molar-refractivity contribution in [2.45, 2.75) is 37.5 Å². The average molecular weight is 823 g/mol. The van der Waals surface area contributed by atoms with Crippen LogP contribution >= 0.6 is 0 Å². The fourth-order valence-corrected chi connectivity index (χ4v) is 11.1. The molecular weight excluding hydrogens is 785 g/mol. The zero-order chi connectivity index (χ0) is 42.5. The summed E-state index contributed by atoms with van der Waals surface area (Å²) in [5.41, 5.74) is 12.0. The van der Waals surface area contributed by atoms with Crippen LogP contribution < -0.4 is 19.3 Å². The molecule has 0 saturated heterocycles. The zero-order valence-electron chi connectivity index (χ0n) is 34.8. The second-order valence-corrected chi connectivity index (χ2v) is 17.3. The number of fused-ring (bicyclic) bond motifs is 10. The zero-order valence-corrected chi connectivity index (χ0v) is 34.8. The van der Waals surface area contributed by atoms with Crippen LogP contribution in [0.25, 0.3) is 43.8 Å². The van der Waals surface area contributed by atoms with Crippen LogP contribution in [0.3, 0.4) is 0 Å². The van der Waals surface area contributed by atoms with Crippen LogP contribution in [0.1, 0.15) is 59.8 Å². The van der Waals surface area contributed by atoms with Crippen LogP contribution in [0.2, 0.25) is 0 Å². The van der Waals surface area contributed by atoms with E-state index in [1.54, 1.807) is 0 Å². The minimum absolute atomic E-state index is 0.174. The largest absolute Gasteiger partial charge is 0.452 e. The standard InChI is InChI=1S/C58H38N4O2/c59-33-45-53-39-19-21-40(22-20-39)54(53)46(34-60)56(62-48-28-26-42(36-13-5-2-6-14-36)32-52(48)64-58-44-18-10-8-16-38(44)24-30-50(58)62)55(45)61-47-27-25-41(35-11-3-1-4-12-35)31-51(47)63-57-43-17-9-7-15-37(43)23-29-49(57)61/h1-18,23-32,39-40H,19-22H2. The van der Waals surface area contributed by atoms with E-state index in [4.69, 9.17) is 9.47 Å². The van der Waals surface area contributed by atoms with Gasteiger partial charge in [0, 0.05) is 10.8 Å². The minimum Gasteiger partial charge on any atom is -0.452 e.